The maximum Gasteiger partial charge on any atom is 0.309 e. The Morgan fingerprint density at radius 1 is 0.692 bits per heavy atom. The standard InChI is InChI=1S/C32H42O7/c1-22(2)30(32(34)38-19-18-37-17-16-36-15-14-35-5)23(3)24(4)31(33)39-21-29-27-12-8-6-10-25(27)20-26-11-7-9-13-28(26)29/h6-13,20,22-24,30H,14-19,21H2,1-5H3. The van der Waals surface area contributed by atoms with Crippen molar-refractivity contribution in [1.82, 2.24) is 0 Å². The van der Waals surface area contributed by atoms with E-state index in [1.165, 1.54) is 0 Å². The zero-order valence-corrected chi connectivity index (χ0v) is 23.8. The molecule has 3 rings (SSSR count). The predicted octanol–water partition coefficient (Wildman–Crippen LogP) is 5.80. The number of carbonyl (C=O) groups excluding carboxylic acids is 2. The van der Waals surface area contributed by atoms with Crippen LogP contribution in [0.4, 0.5) is 0 Å². The lowest BCUT2D eigenvalue weighted by Crippen LogP contribution is -2.36. The second-order valence-corrected chi connectivity index (χ2v) is 10.2. The summed E-state index contributed by atoms with van der Waals surface area (Å²) in [5, 5.41) is 4.34. The summed E-state index contributed by atoms with van der Waals surface area (Å²) in [6.45, 7) is 10.2. The molecule has 0 aliphatic rings. The van der Waals surface area contributed by atoms with Gasteiger partial charge in [-0.2, -0.15) is 0 Å². The van der Waals surface area contributed by atoms with Crippen LogP contribution in [0.15, 0.2) is 54.6 Å². The summed E-state index contributed by atoms with van der Waals surface area (Å²) in [6, 6.07) is 18.4. The Bertz CT molecular complexity index is 1150. The third-order valence-electron chi connectivity index (χ3n) is 7.23. The molecule has 0 bridgehead atoms. The molecule has 7 nitrogen and oxygen atoms in total. The first-order chi connectivity index (χ1) is 18.8. The first-order valence-electron chi connectivity index (χ1n) is 13.7. The normalized spacial score (nSPS) is 13.9. The maximum atomic E-state index is 13.2. The molecular weight excluding hydrogens is 496 g/mol. The molecule has 0 aliphatic carbocycles. The molecule has 0 amide bonds. The first kappa shape index (κ1) is 30.5. The summed E-state index contributed by atoms with van der Waals surface area (Å²) >= 11 is 0. The summed E-state index contributed by atoms with van der Waals surface area (Å²) in [6.07, 6.45) is 0. The lowest BCUT2D eigenvalue weighted by Gasteiger charge is -2.29. The van der Waals surface area contributed by atoms with Crippen molar-refractivity contribution in [3.05, 3.63) is 60.2 Å². The molecule has 39 heavy (non-hydrogen) atoms. The molecule has 0 heterocycles. The fourth-order valence-corrected chi connectivity index (χ4v) is 4.92. The van der Waals surface area contributed by atoms with Gasteiger partial charge in [-0.15, -0.1) is 0 Å². The molecule has 212 valence electrons. The van der Waals surface area contributed by atoms with Crippen LogP contribution in [-0.4, -0.2) is 58.7 Å². The van der Waals surface area contributed by atoms with Gasteiger partial charge in [-0.25, -0.2) is 0 Å². The van der Waals surface area contributed by atoms with E-state index in [1.54, 1.807) is 7.11 Å². The second kappa shape index (κ2) is 15.6. The highest BCUT2D eigenvalue weighted by Gasteiger charge is 2.36. The summed E-state index contributed by atoms with van der Waals surface area (Å²) in [5.74, 6) is -1.83. The lowest BCUT2D eigenvalue weighted by atomic mass is 9.77. The molecule has 7 heteroatoms. The Balaban J connectivity index is 1.56. The van der Waals surface area contributed by atoms with Crippen molar-refractivity contribution >= 4 is 33.5 Å². The fraction of sp³-hybridized carbons (Fsp3) is 0.500. The smallest absolute Gasteiger partial charge is 0.309 e. The molecule has 0 saturated heterocycles. The Kier molecular flexibility index (Phi) is 12.2. The van der Waals surface area contributed by atoms with E-state index in [1.807, 2.05) is 52.0 Å². The van der Waals surface area contributed by atoms with Crippen molar-refractivity contribution in [3.63, 3.8) is 0 Å². The molecule has 0 aromatic heterocycles. The van der Waals surface area contributed by atoms with E-state index in [0.29, 0.717) is 26.4 Å². The zero-order chi connectivity index (χ0) is 28.2. The average Bonchev–Trinajstić information content (AvgIpc) is 2.93. The number of rotatable bonds is 16. The number of fused-ring (bicyclic) bond motifs is 2. The van der Waals surface area contributed by atoms with Gasteiger partial charge in [0.2, 0.25) is 0 Å². The molecule has 0 fully saturated rings. The van der Waals surface area contributed by atoms with E-state index < -0.39 is 11.8 Å². The second-order valence-electron chi connectivity index (χ2n) is 10.2. The van der Waals surface area contributed by atoms with E-state index in [4.69, 9.17) is 23.7 Å². The molecule has 0 aliphatic heterocycles. The van der Waals surface area contributed by atoms with Crippen LogP contribution in [0.1, 0.15) is 33.3 Å². The van der Waals surface area contributed by atoms with Crippen LogP contribution < -0.4 is 0 Å². The Hall–Kier alpha value is -3.00. The highest BCUT2D eigenvalue weighted by atomic mass is 16.6. The van der Waals surface area contributed by atoms with Gasteiger partial charge in [0.15, 0.2) is 0 Å². The van der Waals surface area contributed by atoms with Gasteiger partial charge in [0.1, 0.15) is 13.2 Å². The van der Waals surface area contributed by atoms with Gasteiger partial charge >= 0.3 is 11.9 Å². The van der Waals surface area contributed by atoms with E-state index in [0.717, 1.165) is 27.1 Å². The molecule has 0 N–H and O–H groups in total. The molecule has 0 radical (unpaired) electrons. The fourth-order valence-electron chi connectivity index (χ4n) is 4.92. The third-order valence-corrected chi connectivity index (χ3v) is 7.23. The van der Waals surface area contributed by atoms with Crippen molar-refractivity contribution in [3.8, 4) is 0 Å². The number of hydrogen-bond donors (Lipinski definition) is 0. The van der Waals surface area contributed by atoms with Gasteiger partial charge < -0.3 is 23.7 Å². The Morgan fingerprint density at radius 3 is 1.79 bits per heavy atom. The van der Waals surface area contributed by atoms with Crippen molar-refractivity contribution in [1.29, 1.82) is 0 Å². The highest BCUT2D eigenvalue weighted by Crippen LogP contribution is 2.32. The van der Waals surface area contributed by atoms with Crippen molar-refractivity contribution in [2.24, 2.45) is 23.7 Å². The van der Waals surface area contributed by atoms with E-state index in [2.05, 4.69) is 30.3 Å². The van der Waals surface area contributed by atoms with Crippen LogP contribution in [-0.2, 0) is 39.9 Å². The lowest BCUT2D eigenvalue weighted by molar-refractivity contribution is -0.159. The monoisotopic (exact) mass is 538 g/mol. The number of carbonyl (C=O) groups is 2. The van der Waals surface area contributed by atoms with E-state index in [9.17, 15) is 9.59 Å². The molecule has 0 spiro atoms. The van der Waals surface area contributed by atoms with Crippen LogP contribution >= 0.6 is 0 Å². The van der Waals surface area contributed by atoms with Crippen molar-refractivity contribution in [2.75, 3.05) is 46.8 Å². The molecule has 3 atom stereocenters. The molecular formula is C32H42O7. The number of benzene rings is 3. The Morgan fingerprint density at radius 2 is 1.23 bits per heavy atom. The van der Waals surface area contributed by atoms with Crippen LogP contribution in [0.3, 0.4) is 0 Å². The van der Waals surface area contributed by atoms with Gasteiger partial charge in [-0.05, 0) is 39.4 Å². The summed E-state index contributed by atoms with van der Waals surface area (Å²) < 4.78 is 27.1. The zero-order valence-electron chi connectivity index (χ0n) is 23.8. The van der Waals surface area contributed by atoms with E-state index in [-0.39, 0.29) is 43.6 Å². The minimum absolute atomic E-state index is 0.000126. The SMILES string of the molecule is COCCOCCOCCOC(=O)C(C(C)C)C(C)C(C)C(=O)OCc1c2ccccc2cc2ccccc12. The van der Waals surface area contributed by atoms with Crippen LogP contribution in [0.5, 0.6) is 0 Å². The largest absolute Gasteiger partial charge is 0.463 e. The summed E-state index contributed by atoms with van der Waals surface area (Å²) in [5.41, 5.74) is 0.987. The van der Waals surface area contributed by atoms with Gasteiger partial charge in [-0.3, -0.25) is 9.59 Å². The summed E-state index contributed by atoms with van der Waals surface area (Å²) in [7, 11) is 1.62. The molecule has 3 aromatic carbocycles. The van der Waals surface area contributed by atoms with Crippen LogP contribution in [0, 0.1) is 23.7 Å². The number of esters is 2. The Labute approximate surface area is 231 Å². The van der Waals surface area contributed by atoms with E-state index >= 15 is 0 Å². The summed E-state index contributed by atoms with van der Waals surface area (Å²) in [4.78, 5) is 26.2. The predicted molar refractivity (Wildman–Crippen MR) is 152 cm³/mol. The van der Waals surface area contributed by atoms with Gasteiger partial charge in [0.05, 0.1) is 44.9 Å². The van der Waals surface area contributed by atoms with Crippen LogP contribution in [0.2, 0.25) is 0 Å². The minimum atomic E-state index is -0.480. The quantitative estimate of drug-likeness (QED) is 0.129. The third kappa shape index (κ3) is 8.49. The topological polar surface area (TPSA) is 80.3 Å². The first-order valence-corrected chi connectivity index (χ1v) is 13.7. The highest BCUT2D eigenvalue weighted by molar-refractivity contribution is 6.02. The van der Waals surface area contributed by atoms with Crippen molar-refractivity contribution < 1.29 is 33.3 Å². The number of ether oxygens (including phenoxy) is 5. The molecule has 3 unspecified atom stereocenters. The number of hydrogen-bond acceptors (Lipinski definition) is 7. The van der Waals surface area contributed by atoms with Crippen molar-refractivity contribution in [2.45, 2.75) is 34.3 Å². The average molecular weight is 539 g/mol. The number of methoxy groups -OCH3 is 1. The minimum Gasteiger partial charge on any atom is -0.463 e. The molecule has 0 saturated carbocycles. The maximum absolute atomic E-state index is 13.2. The molecule has 3 aromatic rings. The van der Waals surface area contributed by atoms with Gasteiger partial charge in [-0.1, -0.05) is 76.2 Å². The van der Waals surface area contributed by atoms with Gasteiger partial charge in [0, 0.05) is 12.7 Å². The van der Waals surface area contributed by atoms with Gasteiger partial charge in [0.25, 0.3) is 0 Å². The van der Waals surface area contributed by atoms with Crippen LogP contribution in [0.25, 0.3) is 21.5 Å².